The van der Waals surface area contributed by atoms with E-state index < -0.39 is 6.39 Å². The van der Waals surface area contributed by atoms with Crippen LogP contribution in [-0.4, -0.2) is 24.4 Å². The SMILES string of the molecule is [2H]C(=O)N1CCCC1. The van der Waals surface area contributed by atoms with Crippen LogP contribution in [0, 0.1) is 0 Å². The van der Waals surface area contributed by atoms with Gasteiger partial charge in [-0.15, -0.1) is 0 Å². The molecule has 0 spiro atoms. The molecule has 0 aromatic heterocycles. The summed E-state index contributed by atoms with van der Waals surface area (Å²) in [5.41, 5.74) is 0. The molecule has 1 aliphatic heterocycles. The fraction of sp³-hybridized carbons (Fsp3) is 0.800. The Balaban J connectivity index is 2.35. The maximum absolute atomic E-state index is 10.2. The quantitative estimate of drug-likeness (QED) is 0.399. The zero-order chi connectivity index (χ0) is 5.98. The molecule has 1 aliphatic rings. The molecule has 0 aromatic carbocycles. The topological polar surface area (TPSA) is 20.3 Å². The summed E-state index contributed by atoms with van der Waals surface area (Å²) in [6.07, 6.45) is 1.62. The molecule has 0 aromatic rings. The third kappa shape index (κ3) is 0.918. The predicted molar refractivity (Wildman–Crippen MR) is 26.9 cm³/mol. The van der Waals surface area contributed by atoms with Gasteiger partial charge in [-0.05, 0) is 12.8 Å². The molecule has 0 N–H and O–H groups in total. The molecule has 1 fully saturated rings. The smallest absolute Gasteiger partial charge is 0.209 e. The van der Waals surface area contributed by atoms with E-state index in [2.05, 4.69) is 0 Å². The number of nitrogens with zero attached hydrogens (tertiary/aromatic N) is 1. The Labute approximate surface area is 44.5 Å². The molecule has 1 amide bonds. The normalized spacial score (nSPS) is 22.3. The molecule has 0 aliphatic carbocycles. The molecule has 0 unspecified atom stereocenters. The molecule has 7 heavy (non-hydrogen) atoms. The van der Waals surface area contributed by atoms with Crippen LogP contribution in [0.15, 0.2) is 0 Å². The van der Waals surface area contributed by atoms with Gasteiger partial charge in [-0.3, -0.25) is 4.79 Å². The number of amides is 1. The van der Waals surface area contributed by atoms with Crippen molar-refractivity contribution < 1.29 is 6.17 Å². The van der Waals surface area contributed by atoms with Crippen molar-refractivity contribution >= 4 is 6.39 Å². The third-order valence-corrected chi connectivity index (χ3v) is 1.24. The van der Waals surface area contributed by atoms with E-state index in [1.54, 1.807) is 4.90 Å². The van der Waals surface area contributed by atoms with Crippen LogP contribution in [0.2, 0.25) is 0 Å². The van der Waals surface area contributed by atoms with Gasteiger partial charge < -0.3 is 4.90 Å². The average Bonchev–Trinajstić information content (AvgIpc) is 2.12. The molecule has 40 valence electrons. The van der Waals surface area contributed by atoms with E-state index in [0.29, 0.717) is 0 Å². The molecule has 0 bridgehead atoms. The second-order valence-electron chi connectivity index (χ2n) is 1.79. The van der Waals surface area contributed by atoms with Gasteiger partial charge in [0.05, 0.1) is 0 Å². The maximum Gasteiger partial charge on any atom is 0.209 e. The van der Waals surface area contributed by atoms with E-state index in [9.17, 15) is 4.79 Å². The van der Waals surface area contributed by atoms with Crippen molar-refractivity contribution in [3.8, 4) is 0 Å². The van der Waals surface area contributed by atoms with Crippen LogP contribution in [0.25, 0.3) is 0 Å². The summed E-state index contributed by atoms with van der Waals surface area (Å²) in [4.78, 5) is 11.8. The lowest BCUT2D eigenvalue weighted by molar-refractivity contribution is -0.117. The summed E-state index contributed by atoms with van der Waals surface area (Å²) < 4.78 is 6.66. The van der Waals surface area contributed by atoms with Crippen molar-refractivity contribution in [2.24, 2.45) is 0 Å². The highest BCUT2D eigenvalue weighted by Crippen LogP contribution is 2.02. The first-order chi connectivity index (χ1) is 3.80. The molecular weight excluding hydrogens is 90.1 g/mol. The summed E-state index contributed by atoms with van der Waals surface area (Å²) in [6, 6.07) is 0. The number of carbonyl (C=O) groups is 1. The van der Waals surface area contributed by atoms with Crippen LogP contribution in [-0.2, 0) is 4.79 Å². The minimum atomic E-state index is -0.525. The van der Waals surface area contributed by atoms with E-state index in [1.807, 2.05) is 0 Å². The lowest BCUT2D eigenvalue weighted by Gasteiger charge is -2.03. The molecule has 2 nitrogen and oxygen atoms in total. The van der Waals surface area contributed by atoms with Gasteiger partial charge in [-0.25, -0.2) is 0 Å². The average molecular weight is 100 g/mol. The Morgan fingerprint density at radius 3 is 2.43 bits per heavy atom. The largest absolute Gasteiger partial charge is 0.345 e. The van der Waals surface area contributed by atoms with Crippen LogP contribution >= 0.6 is 0 Å². The molecule has 0 atom stereocenters. The lowest BCUT2D eigenvalue weighted by atomic mass is 10.4. The first-order valence-electron chi connectivity index (χ1n) is 3.06. The number of rotatable bonds is 0. The Bertz CT molecular complexity index is 98.6. The van der Waals surface area contributed by atoms with Crippen molar-refractivity contribution in [3.05, 3.63) is 0 Å². The van der Waals surface area contributed by atoms with Gasteiger partial charge in [-0.1, -0.05) is 0 Å². The molecule has 2 heteroatoms. The van der Waals surface area contributed by atoms with Crippen molar-refractivity contribution in [2.45, 2.75) is 12.8 Å². The molecule has 1 saturated heterocycles. The first kappa shape index (κ1) is 3.47. The fourth-order valence-electron chi connectivity index (χ4n) is 0.808. The van der Waals surface area contributed by atoms with E-state index in [0.717, 1.165) is 25.9 Å². The summed E-state index contributed by atoms with van der Waals surface area (Å²) in [6.45, 7) is 1.59. The van der Waals surface area contributed by atoms with Gasteiger partial charge in [-0.2, -0.15) is 0 Å². The first-order valence-corrected chi connectivity index (χ1v) is 2.56. The van der Waals surface area contributed by atoms with E-state index in [4.69, 9.17) is 1.37 Å². The van der Waals surface area contributed by atoms with Gasteiger partial charge in [0.2, 0.25) is 6.39 Å². The minimum Gasteiger partial charge on any atom is -0.345 e. The standard InChI is InChI=1S/C5H9NO/c7-5-6-3-1-2-4-6/h5H,1-4H2/i5D. The number of hydrogen-bond donors (Lipinski definition) is 0. The summed E-state index contributed by atoms with van der Waals surface area (Å²) in [5.74, 6) is 0. The molecule has 0 saturated carbocycles. The second kappa shape index (κ2) is 1.96. The van der Waals surface area contributed by atoms with E-state index in [1.165, 1.54) is 0 Å². The highest BCUT2D eigenvalue weighted by molar-refractivity contribution is 5.47. The van der Waals surface area contributed by atoms with Crippen molar-refractivity contribution in [3.63, 3.8) is 0 Å². The summed E-state index contributed by atoms with van der Waals surface area (Å²) in [7, 11) is 0. The maximum atomic E-state index is 10.2. The van der Waals surface area contributed by atoms with Crippen molar-refractivity contribution in [2.75, 3.05) is 13.1 Å². The van der Waals surface area contributed by atoms with Gasteiger partial charge in [0.25, 0.3) is 0 Å². The van der Waals surface area contributed by atoms with Crippen molar-refractivity contribution in [1.29, 1.82) is 0 Å². The molecule has 1 rings (SSSR count). The highest BCUT2D eigenvalue weighted by atomic mass is 16.1. The monoisotopic (exact) mass is 100 g/mol. The number of carbonyl (C=O) groups excluding carboxylic acids is 1. The lowest BCUT2D eigenvalue weighted by Crippen LogP contribution is -2.15. The van der Waals surface area contributed by atoms with E-state index in [-0.39, 0.29) is 0 Å². The Kier molecular flexibility index (Phi) is 0.971. The summed E-state index contributed by atoms with van der Waals surface area (Å²) in [5, 5.41) is 0. The zero-order valence-corrected chi connectivity index (χ0v) is 4.18. The molecular formula is C5H9NO. The Hall–Kier alpha value is -0.530. The predicted octanol–water partition coefficient (Wildman–Crippen LogP) is 0.239. The summed E-state index contributed by atoms with van der Waals surface area (Å²) >= 11 is 0. The van der Waals surface area contributed by atoms with Crippen LogP contribution in [0.4, 0.5) is 0 Å². The van der Waals surface area contributed by atoms with Crippen LogP contribution in [0.5, 0.6) is 0 Å². The minimum absolute atomic E-state index is 0.525. The van der Waals surface area contributed by atoms with Crippen LogP contribution in [0.3, 0.4) is 0 Å². The Morgan fingerprint density at radius 2 is 2.14 bits per heavy atom. The van der Waals surface area contributed by atoms with Crippen molar-refractivity contribution in [1.82, 2.24) is 4.90 Å². The van der Waals surface area contributed by atoms with Crippen LogP contribution in [0.1, 0.15) is 14.2 Å². The van der Waals surface area contributed by atoms with Gasteiger partial charge >= 0.3 is 0 Å². The molecule has 1 heterocycles. The fourth-order valence-corrected chi connectivity index (χ4v) is 0.808. The zero-order valence-electron chi connectivity index (χ0n) is 5.18. The van der Waals surface area contributed by atoms with Gasteiger partial charge in [0.1, 0.15) is 1.37 Å². The third-order valence-electron chi connectivity index (χ3n) is 1.24. The number of likely N-dealkylation sites (tertiary alicyclic amines) is 1. The highest BCUT2D eigenvalue weighted by Gasteiger charge is 2.06. The molecule has 0 radical (unpaired) electrons. The van der Waals surface area contributed by atoms with Crippen LogP contribution < -0.4 is 0 Å². The van der Waals surface area contributed by atoms with E-state index >= 15 is 0 Å². The van der Waals surface area contributed by atoms with Gasteiger partial charge in [0.15, 0.2) is 0 Å². The second-order valence-corrected chi connectivity index (χ2v) is 1.79. The van der Waals surface area contributed by atoms with Gasteiger partial charge in [0, 0.05) is 13.1 Å². The Morgan fingerprint density at radius 1 is 1.57 bits per heavy atom. The number of hydrogen-bond acceptors (Lipinski definition) is 1.